The minimum Gasteiger partial charge on any atom is -0.360 e. The number of carbonyl (C=O) groups excluding carboxylic acids is 1. The maximum Gasteiger partial charge on any atom is 0.312 e. The van der Waals surface area contributed by atoms with Crippen LogP contribution in [0.15, 0.2) is 42.6 Å². The molecule has 6 heteroatoms. The van der Waals surface area contributed by atoms with Crippen LogP contribution in [0.25, 0.3) is 0 Å². The molecular formula is C13H11N3O3. The summed E-state index contributed by atoms with van der Waals surface area (Å²) in [6, 6.07) is 10.7. The van der Waals surface area contributed by atoms with Gasteiger partial charge in [-0.1, -0.05) is 30.3 Å². The third-order valence-electron chi connectivity index (χ3n) is 2.52. The van der Waals surface area contributed by atoms with Gasteiger partial charge in [-0.05, 0) is 5.56 Å². The van der Waals surface area contributed by atoms with Crippen molar-refractivity contribution in [1.82, 2.24) is 4.98 Å². The first-order chi connectivity index (χ1) is 9.20. The van der Waals surface area contributed by atoms with E-state index in [1.807, 2.05) is 30.3 Å². The minimum absolute atomic E-state index is 0.152. The number of nitrogens with one attached hydrogen (secondary N) is 1. The van der Waals surface area contributed by atoms with Gasteiger partial charge in [0.25, 0.3) is 0 Å². The number of nitrogens with zero attached hydrogens (tertiary/aromatic N) is 2. The van der Waals surface area contributed by atoms with Gasteiger partial charge >= 0.3 is 5.69 Å². The highest BCUT2D eigenvalue weighted by Gasteiger charge is 2.15. The van der Waals surface area contributed by atoms with E-state index < -0.39 is 4.92 Å². The van der Waals surface area contributed by atoms with Crippen molar-refractivity contribution < 1.29 is 9.72 Å². The Balaban J connectivity index is 2.20. The second-order valence-electron chi connectivity index (χ2n) is 3.85. The number of anilines is 1. The fourth-order valence-corrected chi connectivity index (χ4v) is 1.59. The molecule has 0 spiro atoms. The van der Waals surface area contributed by atoms with E-state index in [4.69, 9.17) is 0 Å². The summed E-state index contributed by atoms with van der Waals surface area (Å²) in [4.78, 5) is 24.8. The molecule has 1 heterocycles. The van der Waals surface area contributed by atoms with Crippen molar-refractivity contribution in [2.24, 2.45) is 0 Å². The fraction of sp³-hybridized carbons (Fsp3) is 0.0769. The van der Waals surface area contributed by atoms with Gasteiger partial charge in [-0.3, -0.25) is 14.9 Å². The molecule has 96 valence electrons. The first-order valence-electron chi connectivity index (χ1n) is 5.58. The van der Waals surface area contributed by atoms with Gasteiger partial charge in [0.05, 0.1) is 4.92 Å². The number of carbonyl (C=O) groups is 1. The summed E-state index contributed by atoms with van der Waals surface area (Å²) in [5, 5.41) is 13.8. The quantitative estimate of drug-likeness (QED) is 0.505. The van der Waals surface area contributed by atoms with Crippen molar-refractivity contribution in [2.45, 2.75) is 6.54 Å². The number of pyridine rings is 1. The standard InChI is InChI=1S/C13H11N3O3/c17-9-11-6-12(16(18)19)13(15-8-11)14-7-10-4-2-1-3-5-10/h1-6,8-9H,7H2,(H,14,15). The second-order valence-corrected chi connectivity index (χ2v) is 3.85. The monoisotopic (exact) mass is 257 g/mol. The van der Waals surface area contributed by atoms with Crippen molar-refractivity contribution in [2.75, 3.05) is 5.32 Å². The van der Waals surface area contributed by atoms with Gasteiger partial charge in [0, 0.05) is 24.4 Å². The molecule has 6 nitrogen and oxygen atoms in total. The Morgan fingerprint density at radius 1 is 1.32 bits per heavy atom. The van der Waals surface area contributed by atoms with Gasteiger partial charge in [-0.15, -0.1) is 0 Å². The maximum absolute atomic E-state index is 10.9. The average molecular weight is 257 g/mol. The number of rotatable bonds is 5. The van der Waals surface area contributed by atoms with Crippen LogP contribution < -0.4 is 5.32 Å². The van der Waals surface area contributed by atoms with Crippen LogP contribution in [0.3, 0.4) is 0 Å². The Kier molecular flexibility index (Phi) is 3.82. The van der Waals surface area contributed by atoms with Crippen molar-refractivity contribution >= 4 is 17.8 Å². The highest BCUT2D eigenvalue weighted by atomic mass is 16.6. The van der Waals surface area contributed by atoms with Crippen molar-refractivity contribution in [3.63, 3.8) is 0 Å². The lowest BCUT2D eigenvalue weighted by Crippen LogP contribution is -2.05. The molecule has 1 N–H and O–H groups in total. The van der Waals surface area contributed by atoms with Crippen LogP contribution in [0, 0.1) is 10.1 Å². The Labute approximate surface area is 109 Å². The molecule has 1 aromatic heterocycles. The molecule has 0 atom stereocenters. The Bertz CT molecular complexity index is 599. The highest BCUT2D eigenvalue weighted by molar-refractivity contribution is 5.77. The van der Waals surface area contributed by atoms with Gasteiger partial charge < -0.3 is 5.32 Å². The number of hydrogen-bond acceptors (Lipinski definition) is 5. The van der Waals surface area contributed by atoms with Gasteiger partial charge in [-0.25, -0.2) is 4.98 Å². The SMILES string of the molecule is O=Cc1cnc(NCc2ccccc2)c([N+](=O)[O-])c1. The van der Waals surface area contributed by atoms with Crippen LogP contribution in [-0.2, 0) is 6.54 Å². The van der Waals surface area contributed by atoms with E-state index in [1.54, 1.807) is 0 Å². The smallest absolute Gasteiger partial charge is 0.312 e. The van der Waals surface area contributed by atoms with Crippen LogP contribution in [0.1, 0.15) is 15.9 Å². The zero-order valence-corrected chi connectivity index (χ0v) is 9.95. The molecular weight excluding hydrogens is 246 g/mol. The molecule has 0 saturated heterocycles. The van der Waals surface area contributed by atoms with Crippen LogP contribution in [-0.4, -0.2) is 16.2 Å². The van der Waals surface area contributed by atoms with Crippen LogP contribution in [0.4, 0.5) is 11.5 Å². The number of nitro groups is 1. The van der Waals surface area contributed by atoms with Gasteiger partial charge in [0.15, 0.2) is 6.29 Å². The van der Waals surface area contributed by atoms with Gasteiger partial charge in [0.1, 0.15) is 0 Å². The summed E-state index contributed by atoms with van der Waals surface area (Å²) in [7, 11) is 0. The summed E-state index contributed by atoms with van der Waals surface area (Å²) < 4.78 is 0. The molecule has 0 unspecified atom stereocenters. The third-order valence-corrected chi connectivity index (χ3v) is 2.52. The van der Waals surface area contributed by atoms with E-state index in [2.05, 4.69) is 10.3 Å². The van der Waals surface area contributed by atoms with E-state index in [1.165, 1.54) is 12.3 Å². The predicted molar refractivity (Wildman–Crippen MR) is 70.0 cm³/mol. The second kappa shape index (κ2) is 5.72. The molecule has 19 heavy (non-hydrogen) atoms. The third kappa shape index (κ3) is 3.12. The molecule has 2 rings (SSSR count). The van der Waals surface area contributed by atoms with Crippen molar-refractivity contribution in [1.29, 1.82) is 0 Å². The lowest BCUT2D eigenvalue weighted by molar-refractivity contribution is -0.384. The Morgan fingerprint density at radius 2 is 2.05 bits per heavy atom. The molecule has 0 radical (unpaired) electrons. The molecule has 0 amide bonds. The summed E-state index contributed by atoms with van der Waals surface area (Å²) in [6.45, 7) is 0.426. The number of benzene rings is 1. The normalized spacial score (nSPS) is 9.89. The largest absolute Gasteiger partial charge is 0.360 e. The topological polar surface area (TPSA) is 85.1 Å². The van der Waals surface area contributed by atoms with Crippen LogP contribution >= 0.6 is 0 Å². The molecule has 0 aliphatic rings. The molecule has 0 aliphatic heterocycles. The first kappa shape index (κ1) is 12.7. The van der Waals surface area contributed by atoms with E-state index in [9.17, 15) is 14.9 Å². The van der Waals surface area contributed by atoms with E-state index in [0.717, 1.165) is 5.56 Å². The summed E-state index contributed by atoms with van der Waals surface area (Å²) in [5.41, 5.74) is 0.954. The van der Waals surface area contributed by atoms with Crippen molar-refractivity contribution in [3.05, 3.63) is 63.8 Å². The lowest BCUT2D eigenvalue weighted by Gasteiger charge is -2.06. The zero-order chi connectivity index (χ0) is 13.7. The predicted octanol–water partition coefficient (Wildman–Crippen LogP) is 2.41. The highest BCUT2D eigenvalue weighted by Crippen LogP contribution is 2.22. The zero-order valence-electron chi connectivity index (χ0n) is 9.95. The molecule has 0 saturated carbocycles. The first-order valence-corrected chi connectivity index (χ1v) is 5.58. The lowest BCUT2D eigenvalue weighted by atomic mass is 10.2. The number of aromatic nitrogens is 1. The minimum atomic E-state index is -0.562. The van der Waals surface area contributed by atoms with Crippen LogP contribution in [0.2, 0.25) is 0 Å². The molecule has 1 aromatic carbocycles. The molecule has 0 bridgehead atoms. The van der Waals surface area contributed by atoms with Crippen LogP contribution in [0.5, 0.6) is 0 Å². The van der Waals surface area contributed by atoms with Gasteiger partial charge in [0.2, 0.25) is 5.82 Å². The Morgan fingerprint density at radius 3 is 2.68 bits per heavy atom. The van der Waals surface area contributed by atoms with E-state index in [-0.39, 0.29) is 17.1 Å². The van der Waals surface area contributed by atoms with E-state index >= 15 is 0 Å². The molecule has 0 fully saturated rings. The van der Waals surface area contributed by atoms with Gasteiger partial charge in [-0.2, -0.15) is 0 Å². The number of hydrogen-bond donors (Lipinski definition) is 1. The summed E-state index contributed by atoms with van der Waals surface area (Å²) >= 11 is 0. The Hall–Kier alpha value is -2.76. The fourth-order valence-electron chi connectivity index (χ4n) is 1.59. The number of aldehydes is 1. The average Bonchev–Trinajstić information content (AvgIpc) is 2.46. The van der Waals surface area contributed by atoms with Crippen molar-refractivity contribution in [3.8, 4) is 0 Å². The van der Waals surface area contributed by atoms with E-state index in [0.29, 0.717) is 12.8 Å². The summed E-state index contributed by atoms with van der Waals surface area (Å²) in [6.07, 6.45) is 1.83. The molecule has 2 aromatic rings. The molecule has 0 aliphatic carbocycles. The maximum atomic E-state index is 10.9. The summed E-state index contributed by atoms with van der Waals surface area (Å²) in [5.74, 6) is 0.152.